The van der Waals surface area contributed by atoms with Crippen molar-refractivity contribution in [2.75, 3.05) is 20.8 Å². The van der Waals surface area contributed by atoms with Gasteiger partial charge in [0, 0.05) is 5.56 Å². The largest absolute Gasteiger partial charge is 0.497 e. The molecule has 0 amide bonds. The van der Waals surface area contributed by atoms with Crippen molar-refractivity contribution in [2.24, 2.45) is 4.99 Å². The lowest BCUT2D eigenvalue weighted by molar-refractivity contribution is -0.129. The number of cyclic esters (lactones) is 1. The lowest BCUT2D eigenvalue weighted by atomic mass is 10.1. The van der Waals surface area contributed by atoms with E-state index in [1.54, 1.807) is 44.6 Å². The van der Waals surface area contributed by atoms with Crippen molar-refractivity contribution in [1.82, 2.24) is 0 Å². The summed E-state index contributed by atoms with van der Waals surface area (Å²) in [6, 6.07) is 10.8. The Morgan fingerprint density at radius 1 is 1.19 bits per heavy atom. The molecule has 0 unspecified atom stereocenters. The van der Waals surface area contributed by atoms with E-state index in [1.165, 1.54) is 0 Å². The van der Waals surface area contributed by atoms with E-state index >= 15 is 0 Å². The molecule has 1 aliphatic rings. The number of hydrogen-bond acceptors (Lipinski definition) is 6. The van der Waals surface area contributed by atoms with Crippen molar-refractivity contribution in [1.29, 1.82) is 0 Å². The first-order valence-corrected chi connectivity index (χ1v) is 9.02. The Labute approximate surface area is 165 Å². The van der Waals surface area contributed by atoms with Gasteiger partial charge in [-0.05, 0) is 64.8 Å². The molecule has 0 radical (unpaired) electrons. The quantitative estimate of drug-likeness (QED) is 0.506. The van der Waals surface area contributed by atoms with Crippen LogP contribution in [0.3, 0.4) is 0 Å². The summed E-state index contributed by atoms with van der Waals surface area (Å²) in [5.41, 5.74) is 1.60. The zero-order chi connectivity index (χ0) is 19.4. The Kier molecular flexibility index (Phi) is 5.81. The molecular weight excluding hydrogens is 414 g/mol. The van der Waals surface area contributed by atoms with Crippen LogP contribution < -0.4 is 14.2 Å². The van der Waals surface area contributed by atoms with Gasteiger partial charge in [0.25, 0.3) is 0 Å². The summed E-state index contributed by atoms with van der Waals surface area (Å²) in [6.45, 7) is 2.38. The third-order valence-electron chi connectivity index (χ3n) is 3.78. The molecule has 0 N–H and O–H groups in total. The van der Waals surface area contributed by atoms with Gasteiger partial charge in [0.1, 0.15) is 5.75 Å². The van der Waals surface area contributed by atoms with Crippen LogP contribution in [-0.4, -0.2) is 32.7 Å². The van der Waals surface area contributed by atoms with Gasteiger partial charge in [-0.2, -0.15) is 0 Å². The molecule has 2 aromatic rings. The number of methoxy groups -OCH3 is 2. The third kappa shape index (κ3) is 4.14. The fraction of sp³-hybridized carbons (Fsp3) is 0.200. The van der Waals surface area contributed by atoms with Crippen molar-refractivity contribution in [3.63, 3.8) is 0 Å². The van der Waals surface area contributed by atoms with Gasteiger partial charge in [0.05, 0.1) is 25.3 Å². The monoisotopic (exact) mass is 431 g/mol. The Bertz CT molecular complexity index is 936. The smallest absolute Gasteiger partial charge is 0.363 e. The molecular formula is C20H18BrNO5. The fourth-order valence-corrected chi connectivity index (χ4v) is 3.20. The first-order chi connectivity index (χ1) is 13.0. The highest BCUT2D eigenvalue weighted by atomic mass is 79.9. The SMILES string of the molecule is CCOc1cc(/C=C2\N=C(c3cccc(OC)c3)OC2=O)cc(Br)c1OC. The minimum atomic E-state index is -0.516. The molecule has 0 saturated heterocycles. The third-order valence-corrected chi connectivity index (χ3v) is 4.37. The molecule has 0 aliphatic carbocycles. The molecule has 3 rings (SSSR count). The van der Waals surface area contributed by atoms with Crippen LogP contribution in [0.1, 0.15) is 18.1 Å². The summed E-state index contributed by atoms with van der Waals surface area (Å²) in [4.78, 5) is 16.6. The van der Waals surface area contributed by atoms with Crippen molar-refractivity contribution in [3.05, 3.63) is 57.7 Å². The molecule has 1 heterocycles. The number of rotatable bonds is 6. The highest BCUT2D eigenvalue weighted by Gasteiger charge is 2.24. The second-order valence-electron chi connectivity index (χ2n) is 5.54. The van der Waals surface area contributed by atoms with Crippen molar-refractivity contribution in [3.8, 4) is 17.2 Å². The van der Waals surface area contributed by atoms with Crippen LogP contribution in [0.2, 0.25) is 0 Å². The molecule has 0 atom stereocenters. The molecule has 2 aromatic carbocycles. The van der Waals surface area contributed by atoms with Crippen molar-refractivity contribution < 1.29 is 23.7 Å². The van der Waals surface area contributed by atoms with Crippen LogP contribution >= 0.6 is 15.9 Å². The number of ether oxygens (including phenoxy) is 4. The minimum Gasteiger partial charge on any atom is -0.497 e. The topological polar surface area (TPSA) is 66.3 Å². The van der Waals surface area contributed by atoms with Gasteiger partial charge >= 0.3 is 5.97 Å². The maximum Gasteiger partial charge on any atom is 0.363 e. The van der Waals surface area contributed by atoms with E-state index in [-0.39, 0.29) is 11.6 Å². The number of carbonyl (C=O) groups excluding carboxylic acids is 1. The lowest BCUT2D eigenvalue weighted by Crippen LogP contribution is -2.05. The predicted molar refractivity (Wildman–Crippen MR) is 105 cm³/mol. The molecule has 7 heteroatoms. The minimum absolute atomic E-state index is 0.201. The first-order valence-electron chi connectivity index (χ1n) is 8.23. The summed E-state index contributed by atoms with van der Waals surface area (Å²) in [5.74, 6) is 1.54. The van der Waals surface area contributed by atoms with E-state index in [0.717, 1.165) is 5.56 Å². The predicted octanol–water partition coefficient (Wildman–Crippen LogP) is 4.21. The number of benzene rings is 2. The van der Waals surface area contributed by atoms with Gasteiger partial charge in [0.2, 0.25) is 5.90 Å². The van der Waals surface area contributed by atoms with E-state index in [9.17, 15) is 4.79 Å². The second kappa shape index (κ2) is 8.26. The van der Waals surface area contributed by atoms with Crippen LogP contribution in [0, 0.1) is 0 Å². The Morgan fingerprint density at radius 3 is 2.70 bits per heavy atom. The number of nitrogens with zero attached hydrogens (tertiary/aromatic N) is 1. The summed E-state index contributed by atoms with van der Waals surface area (Å²) in [7, 11) is 3.14. The molecule has 0 spiro atoms. The van der Waals surface area contributed by atoms with Crippen LogP contribution in [0.4, 0.5) is 0 Å². The molecule has 0 saturated carbocycles. The lowest BCUT2D eigenvalue weighted by Gasteiger charge is -2.12. The first kappa shape index (κ1) is 19.0. The average molecular weight is 432 g/mol. The second-order valence-corrected chi connectivity index (χ2v) is 6.39. The molecule has 27 heavy (non-hydrogen) atoms. The van der Waals surface area contributed by atoms with Gasteiger partial charge in [-0.15, -0.1) is 0 Å². The maximum atomic E-state index is 12.2. The van der Waals surface area contributed by atoms with Crippen LogP contribution in [0.25, 0.3) is 6.08 Å². The average Bonchev–Trinajstić information content (AvgIpc) is 3.02. The zero-order valence-corrected chi connectivity index (χ0v) is 16.7. The standard InChI is InChI=1S/C20H18BrNO5/c1-4-26-17-10-12(8-15(21)18(17)25-3)9-16-20(23)27-19(22-16)13-6-5-7-14(11-13)24-2/h5-11H,4H2,1-3H3/b16-9-. The van der Waals surface area contributed by atoms with E-state index < -0.39 is 5.97 Å². The Hall–Kier alpha value is -2.80. The van der Waals surface area contributed by atoms with Gasteiger partial charge < -0.3 is 18.9 Å². The summed E-state index contributed by atoms with van der Waals surface area (Å²) >= 11 is 3.46. The van der Waals surface area contributed by atoms with E-state index in [0.29, 0.717) is 33.9 Å². The Morgan fingerprint density at radius 2 is 2.00 bits per heavy atom. The van der Waals surface area contributed by atoms with Crippen LogP contribution in [-0.2, 0) is 9.53 Å². The molecule has 0 bridgehead atoms. The normalized spacial score (nSPS) is 14.7. The van der Waals surface area contributed by atoms with Crippen LogP contribution in [0.5, 0.6) is 17.2 Å². The number of hydrogen-bond donors (Lipinski definition) is 0. The van der Waals surface area contributed by atoms with E-state index in [2.05, 4.69) is 20.9 Å². The van der Waals surface area contributed by atoms with Gasteiger partial charge in [-0.1, -0.05) is 6.07 Å². The van der Waals surface area contributed by atoms with Gasteiger partial charge in [-0.3, -0.25) is 0 Å². The zero-order valence-electron chi connectivity index (χ0n) is 15.1. The van der Waals surface area contributed by atoms with E-state index in [1.807, 2.05) is 19.1 Å². The summed E-state index contributed by atoms with van der Waals surface area (Å²) < 4.78 is 22.2. The summed E-state index contributed by atoms with van der Waals surface area (Å²) in [5, 5.41) is 0. The molecule has 140 valence electrons. The van der Waals surface area contributed by atoms with E-state index in [4.69, 9.17) is 18.9 Å². The number of esters is 1. The number of carbonyl (C=O) groups is 1. The molecule has 0 fully saturated rings. The van der Waals surface area contributed by atoms with Gasteiger partial charge in [0.15, 0.2) is 17.2 Å². The fourth-order valence-electron chi connectivity index (χ4n) is 2.58. The molecule has 1 aliphatic heterocycles. The van der Waals surface area contributed by atoms with Crippen LogP contribution in [0.15, 0.2) is 51.6 Å². The van der Waals surface area contributed by atoms with Gasteiger partial charge in [-0.25, -0.2) is 9.79 Å². The Balaban J connectivity index is 1.97. The maximum absolute atomic E-state index is 12.2. The number of aliphatic imine (C=N–C) groups is 1. The van der Waals surface area contributed by atoms with Crippen molar-refractivity contribution >= 4 is 33.9 Å². The molecule has 0 aromatic heterocycles. The van der Waals surface area contributed by atoms with Crippen molar-refractivity contribution in [2.45, 2.75) is 6.92 Å². The summed E-state index contributed by atoms with van der Waals surface area (Å²) in [6.07, 6.45) is 1.64. The highest BCUT2D eigenvalue weighted by Crippen LogP contribution is 2.37. The number of halogens is 1. The molecule has 6 nitrogen and oxygen atoms in total. The highest BCUT2D eigenvalue weighted by molar-refractivity contribution is 9.10.